The largest absolute Gasteiger partial charge is 0.481 e. The highest BCUT2D eigenvalue weighted by Crippen LogP contribution is 2.61. The van der Waals surface area contributed by atoms with Crippen LogP contribution in [0.1, 0.15) is 43.4 Å². The Kier molecular flexibility index (Phi) is 5.58. The normalized spacial score (nSPS) is 32.4. The lowest BCUT2D eigenvalue weighted by molar-refractivity contribution is -0.159. The topological polar surface area (TPSA) is 79.2 Å². The molecule has 166 valence electrons. The van der Waals surface area contributed by atoms with Gasteiger partial charge >= 0.3 is 5.97 Å². The average molecular weight is 426 g/mol. The zero-order chi connectivity index (χ0) is 22.4. The van der Waals surface area contributed by atoms with E-state index in [0.29, 0.717) is 29.9 Å². The highest BCUT2D eigenvalue weighted by molar-refractivity contribution is 5.83. The highest BCUT2D eigenvalue weighted by atomic mass is 16.6. The molecule has 0 amide bonds. The molecule has 0 unspecified atom stereocenters. The summed E-state index contributed by atoms with van der Waals surface area (Å²) < 4.78 is 12.2. The number of benzene rings is 1. The summed E-state index contributed by atoms with van der Waals surface area (Å²) in [7, 11) is 2.02. The Bertz CT molecular complexity index is 980. The number of allylic oxidation sites excluding steroid dienone is 3. The number of aliphatic hydroxyl groups excluding tert-OH is 1. The van der Waals surface area contributed by atoms with Crippen molar-refractivity contribution in [3.8, 4) is 5.75 Å². The molecule has 1 saturated heterocycles. The number of likely N-dealkylation sites (N-methyl/N-ethyl adjacent to an activating group) is 1. The van der Waals surface area contributed by atoms with Gasteiger partial charge < -0.3 is 24.6 Å². The maximum Gasteiger partial charge on any atom is 0.335 e. The van der Waals surface area contributed by atoms with Gasteiger partial charge in [0.1, 0.15) is 11.5 Å². The van der Waals surface area contributed by atoms with Gasteiger partial charge in [-0.3, -0.25) is 0 Å². The van der Waals surface area contributed by atoms with Crippen LogP contribution in [0, 0.1) is 6.92 Å². The molecule has 6 nitrogen and oxygen atoms in total. The zero-order valence-electron chi connectivity index (χ0n) is 18.6. The molecule has 4 rings (SSSR count). The highest BCUT2D eigenvalue weighted by Gasteiger charge is 2.69. The quantitative estimate of drug-likeness (QED) is 0.439. The Labute approximate surface area is 183 Å². The number of hydrogen-bond donors (Lipinski definition) is 2. The Morgan fingerprint density at radius 3 is 2.87 bits per heavy atom. The predicted octanol–water partition coefficient (Wildman–Crippen LogP) is 2.90. The number of nitrogens with zero attached hydrogens (tertiary/aromatic N) is 1. The van der Waals surface area contributed by atoms with Crippen LogP contribution in [0.4, 0.5) is 0 Å². The summed E-state index contributed by atoms with van der Waals surface area (Å²) in [4.78, 5) is 14.6. The molecule has 0 bridgehead atoms. The number of aliphatic hydroxyl groups is 2. The molecular formula is C25H31NO5. The number of likely N-dealkylation sites (tertiary alicyclic amines) is 1. The van der Waals surface area contributed by atoms with E-state index in [9.17, 15) is 15.0 Å². The van der Waals surface area contributed by atoms with Crippen molar-refractivity contribution in [2.75, 3.05) is 13.6 Å². The monoisotopic (exact) mass is 425 g/mol. The molecular weight excluding hydrogens is 394 g/mol. The van der Waals surface area contributed by atoms with Crippen LogP contribution in [0.2, 0.25) is 0 Å². The molecule has 1 aliphatic carbocycles. The second-order valence-electron chi connectivity index (χ2n) is 8.82. The first-order valence-corrected chi connectivity index (χ1v) is 10.8. The van der Waals surface area contributed by atoms with Gasteiger partial charge in [0.15, 0.2) is 6.10 Å². The summed E-state index contributed by atoms with van der Waals surface area (Å²) in [5.41, 5.74) is 0.742. The van der Waals surface area contributed by atoms with Crippen LogP contribution in [0.5, 0.6) is 5.75 Å². The molecule has 1 spiro atoms. The van der Waals surface area contributed by atoms with E-state index in [4.69, 9.17) is 9.47 Å². The molecule has 4 atom stereocenters. The van der Waals surface area contributed by atoms with Crippen molar-refractivity contribution in [2.24, 2.45) is 0 Å². The fourth-order valence-corrected chi connectivity index (χ4v) is 5.59. The van der Waals surface area contributed by atoms with Crippen LogP contribution < -0.4 is 4.74 Å². The van der Waals surface area contributed by atoms with Crippen LogP contribution in [0.15, 0.2) is 48.3 Å². The summed E-state index contributed by atoms with van der Waals surface area (Å²) in [6.45, 7) is 6.52. The maximum absolute atomic E-state index is 12.4. The van der Waals surface area contributed by atoms with Crippen molar-refractivity contribution in [3.63, 3.8) is 0 Å². The van der Waals surface area contributed by atoms with E-state index in [-0.39, 0.29) is 12.6 Å². The molecule has 1 aromatic rings. The first kappa shape index (κ1) is 21.8. The summed E-state index contributed by atoms with van der Waals surface area (Å²) in [5, 5.41) is 22.1. The van der Waals surface area contributed by atoms with Gasteiger partial charge in [-0.25, -0.2) is 4.79 Å². The van der Waals surface area contributed by atoms with Crippen molar-refractivity contribution in [3.05, 3.63) is 65.0 Å². The van der Waals surface area contributed by atoms with Gasteiger partial charge in [-0.2, -0.15) is 0 Å². The number of ether oxygens (including phenoxy) is 2. The van der Waals surface area contributed by atoms with Crippen molar-refractivity contribution >= 4 is 5.97 Å². The van der Waals surface area contributed by atoms with Gasteiger partial charge in [0, 0.05) is 29.7 Å². The minimum atomic E-state index is -1.11. The van der Waals surface area contributed by atoms with Crippen LogP contribution >= 0.6 is 0 Å². The van der Waals surface area contributed by atoms with Crippen molar-refractivity contribution < 1.29 is 24.5 Å². The van der Waals surface area contributed by atoms with Gasteiger partial charge in [0.05, 0.1) is 17.6 Å². The summed E-state index contributed by atoms with van der Waals surface area (Å²) >= 11 is 0. The zero-order valence-corrected chi connectivity index (χ0v) is 18.6. The second-order valence-corrected chi connectivity index (χ2v) is 8.82. The van der Waals surface area contributed by atoms with Crippen molar-refractivity contribution in [2.45, 2.75) is 63.4 Å². The molecule has 2 heterocycles. The summed E-state index contributed by atoms with van der Waals surface area (Å²) in [6, 6.07) is 3.70. The molecule has 1 aromatic carbocycles. The van der Waals surface area contributed by atoms with Crippen molar-refractivity contribution in [1.29, 1.82) is 0 Å². The Hall–Kier alpha value is -2.41. The third-order valence-corrected chi connectivity index (χ3v) is 7.36. The standard InChI is InChI=1S/C25H31NO5/c1-5-6-7-8-20(28)30-19-11-12-25(29)17(3)26(4)14-13-24(25)21-16(2)9-10-18(15-27)22(21)31-23(19)24/h5-11,17,23,27,29H,12-15H2,1-4H3/b6-5+,8-7+/t17-,23+,24+,25-/m1/s1. The van der Waals surface area contributed by atoms with Gasteiger partial charge in [-0.15, -0.1) is 0 Å². The minimum absolute atomic E-state index is 0.126. The van der Waals surface area contributed by atoms with E-state index < -0.39 is 23.1 Å². The lowest BCUT2D eigenvalue weighted by atomic mass is 9.54. The first-order chi connectivity index (χ1) is 14.8. The maximum atomic E-state index is 12.4. The molecule has 0 saturated carbocycles. The van der Waals surface area contributed by atoms with Crippen molar-refractivity contribution in [1.82, 2.24) is 4.90 Å². The van der Waals surface area contributed by atoms with E-state index in [1.54, 1.807) is 18.2 Å². The molecule has 3 aliphatic rings. The van der Waals surface area contributed by atoms with Gasteiger partial charge in [-0.1, -0.05) is 30.4 Å². The van der Waals surface area contributed by atoms with E-state index >= 15 is 0 Å². The number of carbonyl (C=O) groups is 1. The molecule has 2 N–H and O–H groups in total. The number of hydrogen-bond acceptors (Lipinski definition) is 6. The minimum Gasteiger partial charge on any atom is -0.481 e. The number of carbonyl (C=O) groups excluding carboxylic acids is 1. The smallest absolute Gasteiger partial charge is 0.335 e. The summed E-state index contributed by atoms with van der Waals surface area (Å²) in [5.74, 6) is 0.552. The van der Waals surface area contributed by atoms with E-state index in [1.165, 1.54) is 6.08 Å². The van der Waals surface area contributed by atoms with Crippen LogP contribution in [-0.4, -0.2) is 52.4 Å². The number of fused-ring (bicyclic) bond motifs is 1. The van der Waals surface area contributed by atoms with Gasteiger partial charge in [0.2, 0.25) is 0 Å². The van der Waals surface area contributed by atoms with E-state index in [1.807, 2.05) is 46.0 Å². The average Bonchev–Trinajstić information content (AvgIpc) is 3.11. The molecule has 31 heavy (non-hydrogen) atoms. The fourth-order valence-electron chi connectivity index (χ4n) is 5.59. The number of piperidine rings is 1. The third-order valence-electron chi connectivity index (χ3n) is 7.36. The number of rotatable bonds is 4. The SMILES string of the molecule is C/C=C/C=C/C(=O)OC1=CC[C@@]2(O)[C@@H](C)N(C)CC[C@@]23c2c(C)ccc(CO)c2O[C@@H]13. The number of esters is 1. The Balaban J connectivity index is 1.85. The molecule has 2 aliphatic heterocycles. The Morgan fingerprint density at radius 2 is 2.16 bits per heavy atom. The lowest BCUT2D eigenvalue weighted by Crippen LogP contribution is -2.71. The lowest BCUT2D eigenvalue weighted by Gasteiger charge is -2.58. The molecule has 1 fully saturated rings. The third kappa shape index (κ3) is 3.08. The first-order valence-electron chi connectivity index (χ1n) is 10.8. The Morgan fingerprint density at radius 1 is 1.39 bits per heavy atom. The van der Waals surface area contributed by atoms with Crippen LogP contribution in [0.3, 0.4) is 0 Å². The number of aryl methyl sites for hydroxylation is 1. The molecule has 0 aromatic heterocycles. The molecule has 6 heteroatoms. The second kappa shape index (κ2) is 7.93. The van der Waals surface area contributed by atoms with E-state index in [2.05, 4.69) is 4.90 Å². The van der Waals surface area contributed by atoms with Gasteiger partial charge in [-0.05, 0) is 52.4 Å². The van der Waals surface area contributed by atoms with Crippen LogP contribution in [0.25, 0.3) is 0 Å². The fraction of sp³-hybridized carbons (Fsp3) is 0.480. The van der Waals surface area contributed by atoms with E-state index in [0.717, 1.165) is 17.7 Å². The summed E-state index contributed by atoms with van der Waals surface area (Å²) in [6.07, 6.45) is 8.75. The van der Waals surface area contributed by atoms with Crippen LogP contribution in [-0.2, 0) is 21.6 Å². The predicted molar refractivity (Wildman–Crippen MR) is 118 cm³/mol. The molecule has 0 radical (unpaired) electrons. The van der Waals surface area contributed by atoms with Gasteiger partial charge in [0.25, 0.3) is 0 Å².